The van der Waals surface area contributed by atoms with Crippen molar-refractivity contribution in [2.24, 2.45) is 0 Å². The Labute approximate surface area is 103 Å². The van der Waals surface area contributed by atoms with Gasteiger partial charge in [-0.25, -0.2) is 14.4 Å². The number of aromatic hydroxyl groups is 1. The molecule has 0 saturated heterocycles. The predicted molar refractivity (Wildman–Crippen MR) is 63.6 cm³/mol. The van der Waals surface area contributed by atoms with Gasteiger partial charge in [-0.15, -0.1) is 0 Å². The molecule has 0 aliphatic carbocycles. The van der Waals surface area contributed by atoms with Crippen molar-refractivity contribution >= 4 is 11.6 Å². The number of aromatic nitrogens is 2. The van der Waals surface area contributed by atoms with Crippen molar-refractivity contribution in [2.45, 2.75) is 13.8 Å². The standard InChI is InChI=1S/C12H10ClFN2O/c1-6-7(2)15-12(16-11(6)13)8-3-9(14)5-10(17)4-8/h3-5,17H,1-2H3. The van der Waals surface area contributed by atoms with Crippen LogP contribution in [0.15, 0.2) is 18.2 Å². The summed E-state index contributed by atoms with van der Waals surface area (Å²) in [7, 11) is 0. The van der Waals surface area contributed by atoms with E-state index in [1.807, 2.05) is 6.92 Å². The van der Waals surface area contributed by atoms with Gasteiger partial charge in [0.15, 0.2) is 5.82 Å². The van der Waals surface area contributed by atoms with Crippen LogP contribution in [0, 0.1) is 19.7 Å². The first-order valence-corrected chi connectivity index (χ1v) is 5.36. The van der Waals surface area contributed by atoms with Crippen LogP contribution in [0.4, 0.5) is 4.39 Å². The number of rotatable bonds is 1. The minimum Gasteiger partial charge on any atom is -0.508 e. The average Bonchev–Trinajstić information content (AvgIpc) is 2.23. The molecule has 1 aromatic heterocycles. The van der Waals surface area contributed by atoms with Gasteiger partial charge in [0.1, 0.15) is 16.7 Å². The maximum Gasteiger partial charge on any atom is 0.161 e. The fourth-order valence-corrected chi connectivity index (χ4v) is 1.64. The summed E-state index contributed by atoms with van der Waals surface area (Å²) >= 11 is 5.94. The van der Waals surface area contributed by atoms with Gasteiger partial charge in [0.2, 0.25) is 0 Å². The Morgan fingerprint density at radius 2 is 1.88 bits per heavy atom. The van der Waals surface area contributed by atoms with Crippen LogP contribution < -0.4 is 0 Å². The summed E-state index contributed by atoms with van der Waals surface area (Å²) in [5, 5.41) is 9.65. The molecule has 1 N–H and O–H groups in total. The summed E-state index contributed by atoms with van der Waals surface area (Å²) in [6.07, 6.45) is 0. The van der Waals surface area contributed by atoms with E-state index in [-0.39, 0.29) is 5.75 Å². The largest absolute Gasteiger partial charge is 0.508 e. The van der Waals surface area contributed by atoms with E-state index in [4.69, 9.17) is 11.6 Å². The van der Waals surface area contributed by atoms with Crippen molar-refractivity contribution in [3.05, 3.63) is 40.4 Å². The number of aryl methyl sites for hydroxylation is 1. The smallest absolute Gasteiger partial charge is 0.161 e. The third-order valence-corrected chi connectivity index (χ3v) is 2.84. The van der Waals surface area contributed by atoms with Crippen LogP contribution in [0.1, 0.15) is 11.3 Å². The van der Waals surface area contributed by atoms with Gasteiger partial charge in [0.25, 0.3) is 0 Å². The minimum atomic E-state index is -0.544. The maximum absolute atomic E-state index is 13.1. The maximum atomic E-state index is 13.1. The molecule has 88 valence electrons. The molecule has 0 saturated carbocycles. The Morgan fingerprint density at radius 3 is 2.47 bits per heavy atom. The monoisotopic (exact) mass is 252 g/mol. The van der Waals surface area contributed by atoms with Crippen molar-refractivity contribution in [2.75, 3.05) is 0 Å². The molecule has 0 spiro atoms. The molecule has 1 aromatic carbocycles. The second-order valence-corrected chi connectivity index (χ2v) is 4.10. The molecule has 0 aliphatic heterocycles. The summed E-state index contributed by atoms with van der Waals surface area (Å²) < 4.78 is 13.1. The van der Waals surface area contributed by atoms with Crippen LogP contribution in [0.3, 0.4) is 0 Å². The van der Waals surface area contributed by atoms with Gasteiger partial charge in [-0.3, -0.25) is 0 Å². The number of phenolic OH excluding ortho intramolecular Hbond substituents is 1. The first-order valence-electron chi connectivity index (χ1n) is 4.98. The Bertz CT molecular complexity index is 543. The Kier molecular flexibility index (Phi) is 2.98. The normalized spacial score (nSPS) is 10.6. The topological polar surface area (TPSA) is 46.0 Å². The molecule has 0 aliphatic rings. The van der Waals surface area contributed by atoms with Crippen molar-refractivity contribution in [3.63, 3.8) is 0 Å². The van der Waals surface area contributed by atoms with Gasteiger partial charge in [-0.05, 0) is 26.0 Å². The molecule has 0 bridgehead atoms. The lowest BCUT2D eigenvalue weighted by Crippen LogP contribution is -1.96. The van der Waals surface area contributed by atoms with E-state index in [0.29, 0.717) is 16.5 Å². The first-order chi connectivity index (χ1) is 7.97. The Morgan fingerprint density at radius 1 is 1.18 bits per heavy atom. The lowest BCUT2D eigenvalue weighted by Gasteiger charge is -2.06. The summed E-state index contributed by atoms with van der Waals surface area (Å²) in [6.45, 7) is 3.61. The molecule has 0 amide bonds. The number of halogens is 2. The van der Waals surface area contributed by atoms with E-state index < -0.39 is 5.82 Å². The summed E-state index contributed by atoms with van der Waals surface area (Å²) in [5.74, 6) is -0.413. The van der Waals surface area contributed by atoms with Crippen LogP contribution in [-0.4, -0.2) is 15.1 Å². The van der Waals surface area contributed by atoms with E-state index in [1.54, 1.807) is 6.92 Å². The molecule has 2 rings (SSSR count). The van der Waals surface area contributed by atoms with Gasteiger partial charge in [-0.2, -0.15) is 0 Å². The van der Waals surface area contributed by atoms with E-state index in [9.17, 15) is 9.50 Å². The third kappa shape index (κ3) is 2.36. The fourth-order valence-electron chi connectivity index (χ4n) is 1.43. The number of hydrogen-bond acceptors (Lipinski definition) is 3. The van der Waals surface area contributed by atoms with Crippen LogP contribution in [0.2, 0.25) is 5.15 Å². The summed E-state index contributed by atoms with van der Waals surface area (Å²) in [5.41, 5.74) is 1.91. The van der Waals surface area contributed by atoms with Gasteiger partial charge < -0.3 is 5.11 Å². The van der Waals surface area contributed by atoms with Gasteiger partial charge >= 0.3 is 0 Å². The average molecular weight is 253 g/mol. The van der Waals surface area contributed by atoms with E-state index in [0.717, 1.165) is 17.3 Å². The van der Waals surface area contributed by atoms with Crippen molar-refractivity contribution in [3.8, 4) is 17.1 Å². The van der Waals surface area contributed by atoms with Crippen LogP contribution in [-0.2, 0) is 0 Å². The zero-order chi connectivity index (χ0) is 12.6. The molecule has 0 unspecified atom stereocenters. The molecule has 0 atom stereocenters. The lowest BCUT2D eigenvalue weighted by molar-refractivity contribution is 0.469. The van der Waals surface area contributed by atoms with E-state index in [2.05, 4.69) is 9.97 Å². The van der Waals surface area contributed by atoms with Gasteiger partial charge in [-0.1, -0.05) is 11.6 Å². The van der Waals surface area contributed by atoms with Crippen LogP contribution >= 0.6 is 11.6 Å². The second kappa shape index (κ2) is 4.30. The third-order valence-electron chi connectivity index (χ3n) is 2.47. The van der Waals surface area contributed by atoms with Crippen LogP contribution in [0.25, 0.3) is 11.4 Å². The number of phenols is 1. The molecule has 0 radical (unpaired) electrons. The SMILES string of the molecule is Cc1nc(-c2cc(O)cc(F)c2)nc(Cl)c1C. The highest BCUT2D eigenvalue weighted by Crippen LogP contribution is 2.25. The van der Waals surface area contributed by atoms with Gasteiger partial charge in [0.05, 0.1) is 0 Å². The molecule has 17 heavy (non-hydrogen) atoms. The highest BCUT2D eigenvalue weighted by Gasteiger charge is 2.09. The zero-order valence-electron chi connectivity index (χ0n) is 9.33. The highest BCUT2D eigenvalue weighted by molar-refractivity contribution is 6.30. The minimum absolute atomic E-state index is 0.169. The Hall–Kier alpha value is -1.68. The molecule has 2 aromatic rings. The van der Waals surface area contributed by atoms with Crippen molar-refractivity contribution in [1.29, 1.82) is 0 Å². The Balaban J connectivity index is 2.60. The van der Waals surface area contributed by atoms with E-state index in [1.165, 1.54) is 12.1 Å². The first kappa shape index (κ1) is 11.8. The lowest BCUT2D eigenvalue weighted by atomic mass is 10.2. The molecule has 5 heteroatoms. The second-order valence-electron chi connectivity index (χ2n) is 3.75. The predicted octanol–water partition coefficient (Wildman–Crippen LogP) is 3.26. The quantitative estimate of drug-likeness (QED) is 0.793. The summed E-state index contributed by atoms with van der Waals surface area (Å²) in [4.78, 5) is 8.28. The molecular formula is C12H10ClFN2O. The molecule has 1 heterocycles. The van der Waals surface area contributed by atoms with Crippen molar-refractivity contribution in [1.82, 2.24) is 9.97 Å². The zero-order valence-corrected chi connectivity index (χ0v) is 10.1. The summed E-state index contributed by atoms with van der Waals surface area (Å²) in [6, 6.07) is 3.66. The fraction of sp³-hybridized carbons (Fsp3) is 0.167. The van der Waals surface area contributed by atoms with Crippen LogP contribution in [0.5, 0.6) is 5.75 Å². The number of benzene rings is 1. The highest BCUT2D eigenvalue weighted by atomic mass is 35.5. The molecule has 3 nitrogen and oxygen atoms in total. The number of hydrogen-bond donors (Lipinski definition) is 1. The van der Waals surface area contributed by atoms with Gasteiger partial charge in [0, 0.05) is 22.9 Å². The number of nitrogens with zero attached hydrogens (tertiary/aromatic N) is 2. The van der Waals surface area contributed by atoms with E-state index >= 15 is 0 Å². The van der Waals surface area contributed by atoms with Crippen molar-refractivity contribution < 1.29 is 9.50 Å². The molecule has 0 fully saturated rings. The molecular weight excluding hydrogens is 243 g/mol.